The molecule has 0 saturated heterocycles. The highest BCUT2D eigenvalue weighted by atomic mass is 32.2. The van der Waals surface area contributed by atoms with Gasteiger partial charge in [-0.3, -0.25) is 4.79 Å². The lowest BCUT2D eigenvalue weighted by Crippen LogP contribution is -2.27. The van der Waals surface area contributed by atoms with Gasteiger partial charge < -0.3 is 4.90 Å². The Morgan fingerprint density at radius 3 is 2.50 bits per heavy atom. The summed E-state index contributed by atoms with van der Waals surface area (Å²) in [6, 6.07) is 5.31. The minimum Gasteiger partial charge on any atom is -0.345 e. The zero-order valence-corrected chi connectivity index (χ0v) is 13.5. The lowest BCUT2D eigenvalue weighted by atomic mass is 10.2. The van der Waals surface area contributed by atoms with Gasteiger partial charge in [-0.2, -0.15) is 13.2 Å². The number of halogens is 3. The summed E-state index contributed by atoms with van der Waals surface area (Å²) in [7, 11) is -0.913. The fourth-order valence-electron chi connectivity index (χ4n) is 1.48. The molecule has 10 heteroatoms. The maximum atomic E-state index is 12.0. The van der Waals surface area contributed by atoms with Crippen molar-refractivity contribution in [2.24, 2.45) is 0 Å². The van der Waals surface area contributed by atoms with Crippen molar-refractivity contribution in [3.8, 4) is 0 Å². The molecule has 5 nitrogen and oxygen atoms in total. The van der Waals surface area contributed by atoms with Crippen LogP contribution < -0.4 is 4.72 Å². The van der Waals surface area contributed by atoms with E-state index in [0.717, 1.165) is 0 Å². The molecule has 0 fully saturated rings. The molecule has 0 spiro atoms. The Morgan fingerprint density at radius 2 is 1.95 bits per heavy atom. The van der Waals surface area contributed by atoms with Crippen LogP contribution in [0, 0.1) is 0 Å². The highest BCUT2D eigenvalue weighted by Gasteiger charge is 2.27. The highest BCUT2D eigenvalue weighted by Crippen LogP contribution is 2.29. The Balaban J connectivity index is 2.77. The van der Waals surface area contributed by atoms with Crippen molar-refractivity contribution >= 4 is 27.7 Å². The van der Waals surface area contributed by atoms with Gasteiger partial charge in [0.2, 0.25) is 10.0 Å². The number of hydrogen-bond donors (Lipinski definition) is 1. The van der Waals surface area contributed by atoms with Gasteiger partial charge in [0, 0.05) is 32.0 Å². The van der Waals surface area contributed by atoms with E-state index in [1.807, 2.05) is 0 Å². The van der Waals surface area contributed by atoms with Crippen molar-refractivity contribution in [3.05, 3.63) is 29.8 Å². The molecule has 0 saturated carbocycles. The number of benzene rings is 1. The fourth-order valence-corrected chi connectivity index (χ4v) is 3.12. The van der Waals surface area contributed by atoms with Gasteiger partial charge in [0.1, 0.15) is 0 Å². The summed E-state index contributed by atoms with van der Waals surface area (Å²) < 4.78 is 61.9. The second kappa shape index (κ2) is 7.34. The van der Waals surface area contributed by atoms with Crippen LogP contribution in [0.4, 0.5) is 13.2 Å². The lowest BCUT2D eigenvalue weighted by Gasteiger charge is -2.12. The third-order valence-corrected chi connectivity index (χ3v) is 4.65. The van der Waals surface area contributed by atoms with Crippen LogP contribution in [0.25, 0.3) is 0 Å². The lowest BCUT2D eigenvalue weighted by molar-refractivity contribution is -0.0327. The van der Waals surface area contributed by atoms with Gasteiger partial charge in [-0.25, -0.2) is 13.1 Å². The largest absolute Gasteiger partial charge is 0.441 e. The monoisotopic (exact) mass is 356 g/mol. The second-order valence-electron chi connectivity index (χ2n) is 4.42. The number of nitrogens with one attached hydrogen (secondary N) is 1. The number of carbonyl (C=O) groups is 1. The van der Waals surface area contributed by atoms with E-state index in [0.29, 0.717) is 0 Å². The molecule has 0 radical (unpaired) electrons. The van der Waals surface area contributed by atoms with Gasteiger partial charge in [-0.15, -0.1) is 0 Å². The van der Waals surface area contributed by atoms with Crippen LogP contribution in [0.15, 0.2) is 29.2 Å². The molecular weight excluding hydrogens is 341 g/mol. The molecule has 124 valence electrons. The first-order chi connectivity index (χ1) is 10.0. The number of carbonyl (C=O) groups excluding carboxylic acids is 1. The molecule has 0 unspecified atom stereocenters. The Kier molecular flexibility index (Phi) is 6.27. The highest BCUT2D eigenvalue weighted by molar-refractivity contribution is 8.00. The number of rotatable bonds is 6. The Bertz CT molecular complexity index is 631. The molecule has 0 aliphatic rings. The first-order valence-corrected chi connectivity index (χ1v) is 8.52. The first-order valence-electron chi connectivity index (χ1n) is 6.05. The standard InChI is InChI=1S/C12H15F3N2O3S2/c1-17(2)11(18)9-4-3-5-10(8-9)22(19,20)16-6-7-21-12(13,14)15/h3-5,8,16H,6-7H2,1-2H3. The number of hydrogen-bond acceptors (Lipinski definition) is 4. The van der Waals surface area contributed by atoms with Gasteiger partial charge in [-0.1, -0.05) is 6.07 Å². The van der Waals surface area contributed by atoms with E-state index in [9.17, 15) is 26.4 Å². The molecule has 0 heterocycles. The van der Waals surface area contributed by atoms with Gasteiger partial charge in [-0.05, 0) is 30.0 Å². The van der Waals surface area contributed by atoms with Crippen LogP contribution in [0.5, 0.6) is 0 Å². The third-order valence-electron chi connectivity index (χ3n) is 2.46. The molecular formula is C12H15F3N2O3S2. The van der Waals surface area contributed by atoms with E-state index < -0.39 is 21.3 Å². The van der Waals surface area contributed by atoms with Crippen LogP contribution in [-0.4, -0.2) is 51.1 Å². The maximum absolute atomic E-state index is 12.0. The molecule has 0 aliphatic heterocycles. The fraction of sp³-hybridized carbons (Fsp3) is 0.417. The molecule has 1 N–H and O–H groups in total. The molecule has 1 amide bonds. The number of sulfonamides is 1. The van der Waals surface area contributed by atoms with Gasteiger partial charge in [0.15, 0.2) is 0 Å². The predicted octanol–water partition coefficient (Wildman–Crippen LogP) is 1.92. The van der Waals surface area contributed by atoms with E-state index in [-0.39, 0.29) is 34.7 Å². The number of thioether (sulfide) groups is 1. The Labute approximate surface area is 130 Å². The summed E-state index contributed by atoms with van der Waals surface area (Å²) >= 11 is -0.306. The molecule has 0 aromatic heterocycles. The molecule has 0 atom stereocenters. The average molecular weight is 356 g/mol. The van der Waals surface area contributed by atoms with E-state index in [4.69, 9.17) is 0 Å². The summed E-state index contributed by atoms with van der Waals surface area (Å²) in [4.78, 5) is 12.9. The summed E-state index contributed by atoms with van der Waals surface area (Å²) in [5.74, 6) is -0.802. The average Bonchev–Trinajstić information content (AvgIpc) is 2.42. The van der Waals surface area contributed by atoms with Gasteiger partial charge >= 0.3 is 5.51 Å². The van der Waals surface area contributed by atoms with Crippen molar-refractivity contribution in [1.82, 2.24) is 9.62 Å². The van der Waals surface area contributed by atoms with E-state index in [2.05, 4.69) is 4.72 Å². The van der Waals surface area contributed by atoms with Gasteiger partial charge in [0.05, 0.1) is 4.90 Å². The van der Waals surface area contributed by atoms with Crippen molar-refractivity contribution < 1.29 is 26.4 Å². The molecule has 0 bridgehead atoms. The SMILES string of the molecule is CN(C)C(=O)c1cccc(S(=O)(=O)NCCSC(F)(F)F)c1. The van der Waals surface area contributed by atoms with Crippen molar-refractivity contribution in [1.29, 1.82) is 0 Å². The third kappa shape index (κ3) is 5.85. The normalized spacial score (nSPS) is 12.2. The summed E-state index contributed by atoms with van der Waals surface area (Å²) in [6.45, 7) is -0.363. The summed E-state index contributed by atoms with van der Waals surface area (Å²) in [6.07, 6.45) is 0. The number of nitrogens with zero attached hydrogens (tertiary/aromatic N) is 1. The van der Waals surface area contributed by atoms with Crippen molar-refractivity contribution in [3.63, 3.8) is 0 Å². The number of amides is 1. The minimum absolute atomic E-state index is 0.169. The zero-order valence-electron chi connectivity index (χ0n) is 11.8. The van der Waals surface area contributed by atoms with Crippen molar-refractivity contribution in [2.75, 3.05) is 26.4 Å². The molecule has 1 aromatic rings. The molecule has 1 aromatic carbocycles. The summed E-state index contributed by atoms with van der Waals surface area (Å²) in [5, 5.41) is 0. The number of alkyl halides is 3. The van der Waals surface area contributed by atoms with Gasteiger partial charge in [0.25, 0.3) is 5.91 Å². The van der Waals surface area contributed by atoms with Crippen LogP contribution >= 0.6 is 11.8 Å². The molecule has 22 heavy (non-hydrogen) atoms. The quantitative estimate of drug-likeness (QED) is 0.791. The van der Waals surface area contributed by atoms with Crippen molar-refractivity contribution in [2.45, 2.75) is 10.4 Å². The Morgan fingerprint density at radius 1 is 1.32 bits per heavy atom. The van der Waals surface area contributed by atoms with Crippen LogP contribution in [0.2, 0.25) is 0 Å². The van der Waals surface area contributed by atoms with Crippen LogP contribution in [-0.2, 0) is 10.0 Å². The van der Waals surface area contributed by atoms with E-state index >= 15 is 0 Å². The van der Waals surface area contributed by atoms with E-state index in [1.165, 1.54) is 43.3 Å². The molecule has 0 aliphatic carbocycles. The van der Waals surface area contributed by atoms with Crippen LogP contribution in [0.3, 0.4) is 0 Å². The Hall–Kier alpha value is -1.26. The second-order valence-corrected chi connectivity index (χ2v) is 7.35. The summed E-state index contributed by atoms with van der Waals surface area (Å²) in [5.41, 5.74) is -4.22. The smallest absolute Gasteiger partial charge is 0.345 e. The molecule has 1 rings (SSSR count). The first kappa shape index (κ1) is 18.8. The minimum atomic E-state index is -4.40. The van der Waals surface area contributed by atoms with Crippen LogP contribution in [0.1, 0.15) is 10.4 Å². The predicted molar refractivity (Wildman–Crippen MR) is 78.2 cm³/mol. The zero-order chi connectivity index (χ0) is 17.0. The maximum Gasteiger partial charge on any atom is 0.441 e. The topological polar surface area (TPSA) is 66.5 Å². The van der Waals surface area contributed by atoms with E-state index in [1.54, 1.807) is 0 Å².